The van der Waals surface area contributed by atoms with Crippen LogP contribution in [0.15, 0.2) is 36.4 Å². The van der Waals surface area contributed by atoms with Crippen molar-refractivity contribution in [1.29, 1.82) is 0 Å². The lowest BCUT2D eigenvalue weighted by Crippen LogP contribution is -2.00. The number of fused-ring (bicyclic) bond motifs is 1. The molecule has 0 N–H and O–H groups in total. The van der Waals surface area contributed by atoms with E-state index in [0.717, 1.165) is 10.8 Å². The molecule has 0 saturated carbocycles. The number of hydrogen-bond donors (Lipinski definition) is 0. The standard InChI is InChI=1S/C12H8BrClO/c13-7-11(15)9-5-1-3-8-4-2-6-10(14)12(8)9/h1-6H,7H2. The summed E-state index contributed by atoms with van der Waals surface area (Å²) in [5.41, 5.74) is 0.676. The second-order valence-electron chi connectivity index (χ2n) is 3.20. The highest BCUT2D eigenvalue weighted by molar-refractivity contribution is 9.09. The Kier molecular flexibility index (Phi) is 3.08. The van der Waals surface area contributed by atoms with Gasteiger partial charge >= 0.3 is 0 Å². The Balaban J connectivity index is 2.80. The van der Waals surface area contributed by atoms with Gasteiger partial charge in [0.25, 0.3) is 0 Å². The summed E-state index contributed by atoms with van der Waals surface area (Å²) in [4.78, 5) is 11.7. The summed E-state index contributed by atoms with van der Waals surface area (Å²) in [5, 5.41) is 2.77. The molecule has 2 aromatic carbocycles. The van der Waals surface area contributed by atoms with Crippen LogP contribution in [0.25, 0.3) is 10.8 Å². The molecule has 76 valence electrons. The van der Waals surface area contributed by atoms with E-state index >= 15 is 0 Å². The number of halogens is 2. The van der Waals surface area contributed by atoms with Crippen LogP contribution in [0.4, 0.5) is 0 Å². The van der Waals surface area contributed by atoms with Crippen LogP contribution in [0, 0.1) is 0 Å². The predicted molar refractivity (Wildman–Crippen MR) is 67.1 cm³/mol. The molecule has 0 amide bonds. The van der Waals surface area contributed by atoms with Gasteiger partial charge in [0.2, 0.25) is 0 Å². The quantitative estimate of drug-likeness (QED) is 0.600. The normalized spacial score (nSPS) is 10.5. The van der Waals surface area contributed by atoms with Gasteiger partial charge in [-0.25, -0.2) is 0 Å². The minimum atomic E-state index is 0.0497. The molecule has 3 heteroatoms. The lowest BCUT2D eigenvalue weighted by molar-refractivity contribution is 0.102. The fourth-order valence-corrected chi connectivity index (χ4v) is 2.19. The molecule has 0 aliphatic carbocycles. The average Bonchev–Trinajstić information content (AvgIpc) is 2.28. The molecule has 0 fully saturated rings. The van der Waals surface area contributed by atoms with Crippen LogP contribution < -0.4 is 0 Å². The number of ketones is 1. The largest absolute Gasteiger partial charge is 0.293 e. The monoisotopic (exact) mass is 282 g/mol. The maximum absolute atomic E-state index is 11.7. The third kappa shape index (κ3) is 1.92. The number of rotatable bonds is 2. The first-order chi connectivity index (χ1) is 7.24. The van der Waals surface area contributed by atoms with Crippen molar-refractivity contribution in [3.8, 4) is 0 Å². The third-order valence-electron chi connectivity index (χ3n) is 2.28. The molecular formula is C12H8BrClO. The average molecular weight is 284 g/mol. The minimum Gasteiger partial charge on any atom is -0.293 e. The van der Waals surface area contributed by atoms with Crippen LogP contribution >= 0.6 is 27.5 Å². The molecular weight excluding hydrogens is 275 g/mol. The van der Waals surface area contributed by atoms with E-state index < -0.39 is 0 Å². The van der Waals surface area contributed by atoms with Crippen LogP contribution in [0.1, 0.15) is 10.4 Å². The van der Waals surface area contributed by atoms with Gasteiger partial charge in [-0.15, -0.1) is 0 Å². The Hall–Kier alpha value is -0.860. The van der Waals surface area contributed by atoms with Gasteiger partial charge in [-0.3, -0.25) is 4.79 Å². The third-order valence-corrected chi connectivity index (χ3v) is 3.10. The molecule has 0 atom stereocenters. The van der Waals surface area contributed by atoms with E-state index in [-0.39, 0.29) is 5.78 Å². The van der Waals surface area contributed by atoms with Gasteiger partial charge in [0.05, 0.1) is 5.33 Å². The number of alkyl halides is 1. The molecule has 0 unspecified atom stereocenters. The highest BCUT2D eigenvalue weighted by Crippen LogP contribution is 2.27. The van der Waals surface area contributed by atoms with Crippen molar-refractivity contribution in [3.05, 3.63) is 47.0 Å². The van der Waals surface area contributed by atoms with E-state index in [1.165, 1.54) is 0 Å². The van der Waals surface area contributed by atoms with Crippen molar-refractivity contribution in [3.63, 3.8) is 0 Å². The number of carbonyl (C=O) groups is 1. The molecule has 1 nitrogen and oxygen atoms in total. The van der Waals surface area contributed by atoms with E-state index in [2.05, 4.69) is 15.9 Å². The van der Waals surface area contributed by atoms with Crippen molar-refractivity contribution in [2.24, 2.45) is 0 Å². The fourth-order valence-electron chi connectivity index (χ4n) is 1.60. The Labute approximate surface area is 101 Å². The molecule has 0 bridgehead atoms. The molecule has 0 saturated heterocycles. The summed E-state index contributed by atoms with van der Waals surface area (Å²) in [5.74, 6) is 0.0497. The second-order valence-corrected chi connectivity index (χ2v) is 4.17. The lowest BCUT2D eigenvalue weighted by Gasteiger charge is -2.05. The highest BCUT2D eigenvalue weighted by atomic mass is 79.9. The topological polar surface area (TPSA) is 17.1 Å². The van der Waals surface area contributed by atoms with E-state index in [4.69, 9.17) is 11.6 Å². The van der Waals surface area contributed by atoms with Crippen molar-refractivity contribution in [2.75, 3.05) is 5.33 Å². The Morgan fingerprint density at radius 3 is 2.53 bits per heavy atom. The van der Waals surface area contributed by atoms with E-state index in [1.54, 1.807) is 12.1 Å². The van der Waals surface area contributed by atoms with Crippen LogP contribution in [0.5, 0.6) is 0 Å². The number of Topliss-reactive ketones (excluding diaryl/α,β-unsaturated/α-hetero) is 1. The number of benzene rings is 2. The fraction of sp³-hybridized carbons (Fsp3) is 0.0833. The van der Waals surface area contributed by atoms with Gasteiger partial charge in [-0.05, 0) is 11.5 Å². The summed E-state index contributed by atoms with van der Waals surface area (Å²) in [7, 11) is 0. The Bertz CT molecular complexity index is 517. The maximum atomic E-state index is 11.7. The van der Waals surface area contributed by atoms with Gasteiger partial charge in [0, 0.05) is 16.0 Å². The predicted octanol–water partition coefficient (Wildman–Crippen LogP) is 4.07. The Morgan fingerprint density at radius 2 is 1.87 bits per heavy atom. The Morgan fingerprint density at radius 1 is 1.20 bits per heavy atom. The molecule has 0 aliphatic rings. The summed E-state index contributed by atoms with van der Waals surface area (Å²) < 4.78 is 0. The molecule has 0 aromatic heterocycles. The highest BCUT2D eigenvalue weighted by Gasteiger charge is 2.10. The van der Waals surface area contributed by atoms with Crippen molar-refractivity contribution in [2.45, 2.75) is 0 Å². The van der Waals surface area contributed by atoms with Crippen molar-refractivity contribution in [1.82, 2.24) is 0 Å². The molecule has 0 heterocycles. The molecule has 0 spiro atoms. The zero-order valence-electron chi connectivity index (χ0n) is 7.84. The first-order valence-electron chi connectivity index (χ1n) is 4.50. The van der Waals surface area contributed by atoms with Crippen LogP contribution in [-0.2, 0) is 0 Å². The van der Waals surface area contributed by atoms with E-state index in [9.17, 15) is 4.79 Å². The van der Waals surface area contributed by atoms with E-state index in [1.807, 2.05) is 24.3 Å². The summed E-state index contributed by atoms with van der Waals surface area (Å²) in [6.45, 7) is 0. The molecule has 0 aliphatic heterocycles. The van der Waals surface area contributed by atoms with Crippen molar-refractivity contribution < 1.29 is 4.79 Å². The summed E-state index contributed by atoms with van der Waals surface area (Å²) in [6.07, 6.45) is 0. The SMILES string of the molecule is O=C(CBr)c1cccc2cccc(Cl)c12. The van der Waals surface area contributed by atoms with Crippen LogP contribution in [0.2, 0.25) is 5.02 Å². The second kappa shape index (κ2) is 4.33. The van der Waals surface area contributed by atoms with Gasteiger partial charge in [-0.2, -0.15) is 0 Å². The maximum Gasteiger partial charge on any atom is 0.174 e. The van der Waals surface area contributed by atoms with Gasteiger partial charge < -0.3 is 0 Å². The van der Waals surface area contributed by atoms with Crippen LogP contribution in [-0.4, -0.2) is 11.1 Å². The smallest absolute Gasteiger partial charge is 0.174 e. The molecule has 15 heavy (non-hydrogen) atoms. The lowest BCUT2D eigenvalue weighted by atomic mass is 10.0. The molecule has 0 radical (unpaired) electrons. The molecule has 2 aromatic rings. The summed E-state index contributed by atoms with van der Waals surface area (Å²) >= 11 is 9.26. The number of hydrogen-bond acceptors (Lipinski definition) is 1. The molecule has 2 rings (SSSR count). The van der Waals surface area contributed by atoms with Gasteiger partial charge in [0.15, 0.2) is 5.78 Å². The van der Waals surface area contributed by atoms with E-state index in [0.29, 0.717) is 15.9 Å². The first-order valence-corrected chi connectivity index (χ1v) is 6.00. The van der Waals surface area contributed by atoms with Crippen LogP contribution in [0.3, 0.4) is 0 Å². The first kappa shape index (κ1) is 10.7. The zero-order valence-corrected chi connectivity index (χ0v) is 10.2. The van der Waals surface area contributed by atoms with Crippen molar-refractivity contribution >= 4 is 44.1 Å². The minimum absolute atomic E-state index is 0.0497. The van der Waals surface area contributed by atoms with Gasteiger partial charge in [0.1, 0.15) is 0 Å². The summed E-state index contributed by atoms with van der Waals surface area (Å²) in [6, 6.07) is 11.3. The van der Waals surface area contributed by atoms with Gasteiger partial charge in [-0.1, -0.05) is 57.9 Å². The zero-order chi connectivity index (χ0) is 10.8. The number of carbonyl (C=O) groups excluding carboxylic acids is 1.